The monoisotopic (exact) mass is 488 g/mol. The van der Waals surface area contributed by atoms with Gasteiger partial charge in [0.1, 0.15) is 5.78 Å². The summed E-state index contributed by atoms with van der Waals surface area (Å²) in [6.45, 7) is 14.8. The van der Waals surface area contributed by atoms with Gasteiger partial charge in [-0.25, -0.2) is 0 Å². The highest BCUT2D eigenvalue weighted by Gasteiger charge is 2.84. The highest BCUT2D eigenvalue weighted by molar-refractivity contribution is 5.87. The highest BCUT2D eigenvalue weighted by atomic mass is 16.5. The van der Waals surface area contributed by atoms with Crippen molar-refractivity contribution < 1.29 is 24.9 Å². The number of aliphatic hydroxyl groups excluding tert-OH is 2. The van der Waals surface area contributed by atoms with Crippen molar-refractivity contribution in [2.75, 3.05) is 0 Å². The molecule has 6 rings (SSSR count). The van der Waals surface area contributed by atoms with Crippen molar-refractivity contribution in [1.29, 1.82) is 0 Å². The Morgan fingerprint density at radius 1 is 0.914 bits per heavy atom. The molecular weight excluding hydrogens is 440 g/mol. The van der Waals surface area contributed by atoms with E-state index in [9.17, 15) is 20.1 Å². The molecule has 35 heavy (non-hydrogen) atoms. The normalized spacial score (nSPS) is 58.9. The molecule has 0 aromatic heterocycles. The molecule has 0 bridgehead atoms. The van der Waals surface area contributed by atoms with Gasteiger partial charge in [0.15, 0.2) is 0 Å². The van der Waals surface area contributed by atoms with E-state index in [-0.39, 0.29) is 51.1 Å². The molecule has 1 aliphatic heterocycles. The van der Waals surface area contributed by atoms with E-state index in [2.05, 4.69) is 34.6 Å². The number of ether oxygens (including phenoxy) is 1. The van der Waals surface area contributed by atoms with Crippen LogP contribution in [-0.2, 0) is 9.53 Å². The lowest BCUT2D eigenvalue weighted by atomic mass is 9.41. The van der Waals surface area contributed by atoms with Gasteiger partial charge in [-0.1, -0.05) is 27.7 Å². The van der Waals surface area contributed by atoms with Gasteiger partial charge in [-0.15, -0.1) is 0 Å². The summed E-state index contributed by atoms with van der Waals surface area (Å²) in [4.78, 5) is 14.0. The van der Waals surface area contributed by atoms with E-state index in [0.29, 0.717) is 18.1 Å². The van der Waals surface area contributed by atoms with Gasteiger partial charge in [-0.05, 0) is 111 Å². The maximum absolute atomic E-state index is 14.0. The van der Waals surface area contributed by atoms with Crippen LogP contribution >= 0.6 is 0 Å². The van der Waals surface area contributed by atoms with Crippen LogP contribution < -0.4 is 0 Å². The predicted octanol–water partition coefficient (Wildman–Crippen LogP) is 4.64. The van der Waals surface area contributed by atoms with Crippen LogP contribution in [0.2, 0.25) is 0 Å². The lowest BCUT2D eigenvalue weighted by Gasteiger charge is -2.64. The molecule has 2 spiro atoms. The zero-order valence-corrected chi connectivity index (χ0v) is 23.0. The minimum absolute atomic E-state index is 0.114. The summed E-state index contributed by atoms with van der Waals surface area (Å²) < 4.78 is 6.60. The molecule has 0 radical (unpaired) electrons. The molecular formula is C30H48O5. The fraction of sp³-hybridized carbons (Fsp3) is 0.967. The first-order valence-corrected chi connectivity index (χ1v) is 14.3. The lowest BCUT2D eigenvalue weighted by Crippen LogP contribution is -2.62. The summed E-state index contributed by atoms with van der Waals surface area (Å²) in [5, 5.41) is 33.2. The van der Waals surface area contributed by atoms with E-state index in [0.717, 1.165) is 51.4 Å². The summed E-state index contributed by atoms with van der Waals surface area (Å²) in [5.41, 5.74) is -1.77. The molecule has 198 valence electrons. The minimum atomic E-state index is -0.915. The van der Waals surface area contributed by atoms with Crippen LogP contribution in [0.3, 0.4) is 0 Å². The Labute approximate surface area is 211 Å². The van der Waals surface area contributed by atoms with E-state index in [1.54, 1.807) is 0 Å². The van der Waals surface area contributed by atoms with Crippen molar-refractivity contribution in [1.82, 2.24) is 0 Å². The van der Waals surface area contributed by atoms with Gasteiger partial charge < -0.3 is 20.1 Å². The predicted molar refractivity (Wildman–Crippen MR) is 133 cm³/mol. The van der Waals surface area contributed by atoms with Gasteiger partial charge in [-0.3, -0.25) is 4.79 Å². The maximum Gasteiger partial charge on any atom is 0.139 e. The molecule has 1 saturated heterocycles. The second-order valence-corrected chi connectivity index (χ2v) is 15.7. The Balaban J connectivity index is 1.37. The summed E-state index contributed by atoms with van der Waals surface area (Å²) in [6.07, 6.45) is 7.02. The summed E-state index contributed by atoms with van der Waals surface area (Å²) in [5.74, 6) is 0.629. The minimum Gasteiger partial charge on any atom is -0.393 e. The number of carbonyl (C=O) groups is 1. The molecule has 5 heteroatoms. The number of aliphatic hydroxyl groups is 3. The zero-order valence-electron chi connectivity index (χ0n) is 23.0. The Morgan fingerprint density at radius 2 is 1.60 bits per heavy atom. The third-order valence-corrected chi connectivity index (χ3v) is 13.5. The number of ketones is 1. The smallest absolute Gasteiger partial charge is 0.139 e. The second kappa shape index (κ2) is 6.74. The maximum atomic E-state index is 14.0. The number of fused-ring (bicyclic) bond motifs is 2. The largest absolute Gasteiger partial charge is 0.393 e. The molecule has 0 aromatic carbocycles. The Hall–Kier alpha value is -0.490. The molecule has 5 saturated carbocycles. The van der Waals surface area contributed by atoms with Gasteiger partial charge in [0, 0.05) is 6.42 Å². The number of hydrogen-bond acceptors (Lipinski definition) is 5. The average Bonchev–Trinajstić information content (AvgIpc) is 3.08. The number of hydrogen-bond donors (Lipinski definition) is 3. The Morgan fingerprint density at radius 3 is 2.23 bits per heavy atom. The van der Waals surface area contributed by atoms with Crippen LogP contribution in [0.1, 0.15) is 106 Å². The standard InChI is InChI=1S/C30H48O5/c1-24(2)20(33)8-11-30-16-29(30)13-12-26(5)23(28(7)10-9-21(35-28)25(3,4)34)18(32)15-27(26,6)19(29)14-17(31)22(24)30/h17,19-23,31,33-34H,8-16H2,1-7H3. The van der Waals surface area contributed by atoms with Crippen LogP contribution in [-0.4, -0.2) is 50.6 Å². The fourth-order valence-electron chi connectivity index (χ4n) is 11.8. The topological polar surface area (TPSA) is 87.0 Å². The number of carbonyl (C=O) groups excluding carboxylic acids is 1. The van der Waals surface area contributed by atoms with Crippen molar-refractivity contribution in [3.8, 4) is 0 Å². The fourth-order valence-corrected chi connectivity index (χ4v) is 11.8. The summed E-state index contributed by atoms with van der Waals surface area (Å²) >= 11 is 0. The molecule has 6 aliphatic rings. The van der Waals surface area contributed by atoms with Gasteiger partial charge >= 0.3 is 0 Å². The first-order valence-electron chi connectivity index (χ1n) is 14.3. The molecule has 5 nitrogen and oxygen atoms in total. The Kier molecular flexibility index (Phi) is 4.78. The van der Waals surface area contributed by atoms with E-state index in [1.165, 1.54) is 0 Å². The molecule has 11 unspecified atom stereocenters. The third kappa shape index (κ3) is 2.72. The quantitative estimate of drug-likeness (QED) is 0.527. The van der Waals surface area contributed by atoms with Crippen molar-refractivity contribution in [3.63, 3.8) is 0 Å². The van der Waals surface area contributed by atoms with Gasteiger partial charge in [0.2, 0.25) is 0 Å². The molecule has 1 heterocycles. The number of rotatable bonds is 2. The zero-order chi connectivity index (χ0) is 25.6. The first-order chi connectivity index (χ1) is 16.0. The van der Waals surface area contributed by atoms with Crippen molar-refractivity contribution in [2.24, 2.45) is 44.8 Å². The molecule has 3 N–H and O–H groups in total. The lowest BCUT2D eigenvalue weighted by molar-refractivity contribution is -0.210. The van der Waals surface area contributed by atoms with E-state index in [4.69, 9.17) is 4.74 Å². The SMILES string of the molecule is CC(C)(O)C1CCC(C)(C2C(=O)CC3(C)C4CC(O)C5C(C)(C)C(O)CCC56CC46CCC23C)O1. The molecule has 0 amide bonds. The molecule has 0 aromatic rings. The molecule has 5 aliphatic carbocycles. The van der Waals surface area contributed by atoms with Gasteiger partial charge in [0.05, 0.1) is 35.4 Å². The first kappa shape index (κ1) is 24.8. The number of Topliss-reactive ketones (excluding diaryl/α,β-unsaturated/α-hetero) is 1. The van der Waals surface area contributed by atoms with Crippen LogP contribution in [0.5, 0.6) is 0 Å². The summed E-state index contributed by atoms with van der Waals surface area (Å²) in [7, 11) is 0. The van der Waals surface area contributed by atoms with Crippen molar-refractivity contribution in [2.45, 2.75) is 136 Å². The van der Waals surface area contributed by atoms with Crippen LogP contribution in [0.15, 0.2) is 0 Å². The van der Waals surface area contributed by atoms with Gasteiger partial charge in [0.25, 0.3) is 0 Å². The highest BCUT2D eigenvalue weighted by Crippen LogP contribution is 2.89. The Bertz CT molecular complexity index is 953. The van der Waals surface area contributed by atoms with E-state index >= 15 is 0 Å². The third-order valence-electron chi connectivity index (χ3n) is 13.5. The second-order valence-electron chi connectivity index (χ2n) is 15.7. The molecule has 6 fully saturated rings. The average molecular weight is 489 g/mol. The van der Waals surface area contributed by atoms with Crippen LogP contribution in [0, 0.1) is 44.8 Å². The van der Waals surface area contributed by atoms with Crippen molar-refractivity contribution >= 4 is 5.78 Å². The van der Waals surface area contributed by atoms with Crippen LogP contribution in [0.4, 0.5) is 0 Å². The van der Waals surface area contributed by atoms with E-state index in [1.807, 2.05) is 13.8 Å². The van der Waals surface area contributed by atoms with Crippen LogP contribution in [0.25, 0.3) is 0 Å². The molecule has 11 atom stereocenters. The van der Waals surface area contributed by atoms with E-state index < -0.39 is 17.3 Å². The van der Waals surface area contributed by atoms with Gasteiger partial charge in [-0.2, -0.15) is 0 Å². The van der Waals surface area contributed by atoms with Crippen molar-refractivity contribution in [3.05, 3.63) is 0 Å². The summed E-state index contributed by atoms with van der Waals surface area (Å²) in [6, 6.07) is 0.